The Hall–Kier alpha value is -2.39. The molecule has 1 N–H and O–H groups in total. The van der Waals surface area contributed by atoms with Crippen molar-refractivity contribution >= 4 is 40.5 Å². The van der Waals surface area contributed by atoms with E-state index >= 15 is 0 Å². The van der Waals surface area contributed by atoms with Gasteiger partial charge < -0.3 is 10.1 Å². The number of non-ortho nitro benzene ring substituents is 1. The van der Waals surface area contributed by atoms with Crippen molar-refractivity contribution in [3.05, 3.63) is 62.6 Å². The number of anilines is 1. The summed E-state index contributed by atoms with van der Waals surface area (Å²) in [5.41, 5.74) is 0.249. The lowest BCUT2D eigenvalue weighted by Crippen LogP contribution is -2.49. The maximum absolute atomic E-state index is 12.3. The number of carbonyl (C=O) groups excluding carboxylic acids is 1. The second-order valence-electron chi connectivity index (χ2n) is 6.89. The Morgan fingerprint density at radius 3 is 2.37 bits per heavy atom. The number of nitrogens with zero attached hydrogens (tertiary/aromatic N) is 3. The lowest BCUT2D eigenvalue weighted by molar-refractivity contribution is -0.384. The zero-order valence-corrected chi connectivity index (χ0v) is 17.7. The molecule has 1 heterocycles. The highest BCUT2D eigenvalue weighted by Gasteiger charge is 2.19. The van der Waals surface area contributed by atoms with Crippen molar-refractivity contribution in [2.24, 2.45) is 0 Å². The van der Waals surface area contributed by atoms with Crippen LogP contribution in [-0.2, 0) is 4.79 Å². The van der Waals surface area contributed by atoms with E-state index in [9.17, 15) is 14.9 Å². The number of nitro benzene ring substituents is 1. The summed E-state index contributed by atoms with van der Waals surface area (Å²) >= 11 is 11.9. The van der Waals surface area contributed by atoms with Crippen LogP contribution in [0.5, 0.6) is 5.75 Å². The number of piperazine rings is 1. The van der Waals surface area contributed by atoms with E-state index in [0.29, 0.717) is 17.3 Å². The van der Waals surface area contributed by atoms with Gasteiger partial charge in [-0.2, -0.15) is 0 Å². The zero-order valence-electron chi connectivity index (χ0n) is 16.2. The zero-order chi connectivity index (χ0) is 21.5. The van der Waals surface area contributed by atoms with E-state index in [1.54, 1.807) is 12.1 Å². The molecule has 2 aromatic carbocycles. The highest BCUT2D eigenvalue weighted by molar-refractivity contribution is 6.34. The standard InChI is InChI=1S/C20H22Cl2N4O4/c21-15-1-4-17(5-2-15)30-12-11-24-7-9-25(10-8-24)14-20(27)23-19-6-3-16(26(28)29)13-18(19)22/h1-6,13H,7-12,14H2,(H,23,27). The quantitative estimate of drug-likeness (QED) is 0.486. The molecular weight excluding hydrogens is 431 g/mol. The number of nitrogens with one attached hydrogen (secondary N) is 1. The van der Waals surface area contributed by atoms with E-state index in [-0.39, 0.29) is 23.2 Å². The summed E-state index contributed by atoms with van der Waals surface area (Å²) < 4.78 is 5.72. The molecule has 0 aliphatic carbocycles. The number of halogens is 2. The number of amides is 1. The third-order valence-electron chi connectivity index (χ3n) is 4.76. The summed E-state index contributed by atoms with van der Waals surface area (Å²) in [4.78, 5) is 26.9. The minimum absolute atomic E-state index is 0.117. The van der Waals surface area contributed by atoms with Gasteiger partial charge in [-0.05, 0) is 30.3 Å². The number of ether oxygens (including phenoxy) is 1. The molecule has 1 aliphatic rings. The Morgan fingerprint density at radius 2 is 1.73 bits per heavy atom. The van der Waals surface area contributed by atoms with E-state index in [0.717, 1.165) is 38.5 Å². The normalized spacial score (nSPS) is 15.0. The Bertz CT molecular complexity index is 887. The average molecular weight is 453 g/mol. The highest BCUT2D eigenvalue weighted by atomic mass is 35.5. The summed E-state index contributed by atoms with van der Waals surface area (Å²) in [6.45, 7) is 4.85. The monoisotopic (exact) mass is 452 g/mol. The molecule has 8 nitrogen and oxygen atoms in total. The van der Waals surface area contributed by atoms with Crippen molar-refractivity contribution in [1.82, 2.24) is 9.80 Å². The van der Waals surface area contributed by atoms with Crippen molar-refractivity contribution in [2.75, 3.05) is 51.2 Å². The molecular formula is C20H22Cl2N4O4. The fourth-order valence-corrected chi connectivity index (χ4v) is 3.45. The van der Waals surface area contributed by atoms with Crippen LogP contribution < -0.4 is 10.1 Å². The number of rotatable bonds is 8. The summed E-state index contributed by atoms with van der Waals surface area (Å²) in [5, 5.41) is 14.3. The Kier molecular flexibility index (Phi) is 7.87. The lowest BCUT2D eigenvalue weighted by atomic mass is 10.2. The molecule has 160 valence electrons. The third kappa shape index (κ3) is 6.56. The van der Waals surface area contributed by atoms with Crippen molar-refractivity contribution in [3.63, 3.8) is 0 Å². The van der Waals surface area contributed by atoms with Crippen LogP contribution in [0, 0.1) is 10.1 Å². The molecule has 0 spiro atoms. The number of hydrogen-bond donors (Lipinski definition) is 1. The molecule has 10 heteroatoms. The summed E-state index contributed by atoms with van der Waals surface area (Å²) in [6, 6.07) is 11.3. The van der Waals surface area contributed by atoms with Gasteiger partial charge in [-0.15, -0.1) is 0 Å². The van der Waals surface area contributed by atoms with Gasteiger partial charge >= 0.3 is 0 Å². The van der Waals surface area contributed by atoms with Crippen LogP contribution in [0.3, 0.4) is 0 Å². The molecule has 2 aromatic rings. The molecule has 1 aliphatic heterocycles. The first kappa shape index (κ1) is 22.3. The van der Waals surface area contributed by atoms with Crippen LogP contribution in [0.4, 0.5) is 11.4 Å². The van der Waals surface area contributed by atoms with Crippen molar-refractivity contribution in [1.29, 1.82) is 0 Å². The first-order valence-corrected chi connectivity index (χ1v) is 10.2. The van der Waals surface area contributed by atoms with Crippen molar-refractivity contribution in [2.45, 2.75) is 0 Å². The Labute approximate surface area is 184 Å². The molecule has 0 unspecified atom stereocenters. The predicted octanol–water partition coefficient (Wildman–Crippen LogP) is 3.54. The van der Waals surface area contributed by atoms with Crippen LogP contribution in [0.1, 0.15) is 0 Å². The number of benzene rings is 2. The maximum Gasteiger partial charge on any atom is 0.271 e. The Balaban J connectivity index is 1.37. The van der Waals surface area contributed by atoms with Crippen LogP contribution in [0.2, 0.25) is 10.0 Å². The summed E-state index contributed by atoms with van der Waals surface area (Å²) in [5.74, 6) is 0.588. The number of nitro groups is 1. The highest BCUT2D eigenvalue weighted by Crippen LogP contribution is 2.26. The van der Waals surface area contributed by atoms with E-state index in [2.05, 4.69) is 15.1 Å². The first-order valence-electron chi connectivity index (χ1n) is 9.47. The van der Waals surface area contributed by atoms with Crippen LogP contribution in [-0.4, -0.2) is 66.5 Å². The van der Waals surface area contributed by atoms with Gasteiger partial charge in [0.15, 0.2) is 0 Å². The first-order chi connectivity index (χ1) is 14.4. The second-order valence-corrected chi connectivity index (χ2v) is 7.73. The van der Waals surface area contributed by atoms with Gasteiger partial charge in [0.1, 0.15) is 12.4 Å². The molecule has 1 fully saturated rings. The van der Waals surface area contributed by atoms with E-state index < -0.39 is 4.92 Å². The third-order valence-corrected chi connectivity index (χ3v) is 5.32. The lowest BCUT2D eigenvalue weighted by Gasteiger charge is -2.34. The van der Waals surface area contributed by atoms with Crippen molar-refractivity contribution < 1.29 is 14.5 Å². The Morgan fingerprint density at radius 1 is 1.07 bits per heavy atom. The minimum atomic E-state index is -0.530. The van der Waals surface area contributed by atoms with Crippen LogP contribution in [0.15, 0.2) is 42.5 Å². The molecule has 0 saturated carbocycles. The maximum atomic E-state index is 12.3. The minimum Gasteiger partial charge on any atom is -0.492 e. The molecule has 0 radical (unpaired) electrons. The topological polar surface area (TPSA) is 88.0 Å². The van der Waals surface area contributed by atoms with Gasteiger partial charge in [-0.3, -0.25) is 24.7 Å². The average Bonchev–Trinajstić information content (AvgIpc) is 2.72. The van der Waals surface area contributed by atoms with Crippen molar-refractivity contribution in [3.8, 4) is 5.75 Å². The number of carbonyl (C=O) groups is 1. The van der Waals surface area contributed by atoms with Gasteiger partial charge in [0.05, 0.1) is 22.2 Å². The summed E-state index contributed by atoms with van der Waals surface area (Å²) in [7, 11) is 0. The number of hydrogen-bond acceptors (Lipinski definition) is 6. The second kappa shape index (κ2) is 10.6. The SMILES string of the molecule is O=C(CN1CCN(CCOc2ccc(Cl)cc2)CC1)Nc1ccc([N+](=O)[O-])cc1Cl. The van der Waals surface area contributed by atoms with Gasteiger partial charge in [-0.25, -0.2) is 0 Å². The van der Waals surface area contributed by atoms with Gasteiger partial charge in [0.2, 0.25) is 5.91 Å². The smallest absolute Gasteiger partial charge is 0.271 e. The molecule has 0 atom stereocenters. The molecule has 1 amide bonds. The van der Waals surface area contributed by atoms with E-state index in [1.807, 2.05) is 12.1 Å². The van der Waals surface area contributed by atoms with E-state index in [1.165, 1.54) is 18.2 Å². The van der Waals surface area contributed by atoms with Gasteiger partial charge in [0.25, 0.3) is 5.69 Å². The van der Waals surface area contributed by atoms with Gasteiger partial charge in [-0.1, -0.05) is 23.2 Å². The van der Waals surface area contributed by atoms with E-state index in [4.69, 9.17) is 27.9 Å². The fourth-order valence-electron chi connectivity index (χ4n) is 3.11. The predicted molar refractivity (Wildman–Crippen MR) is 117 cm³/mol. The van der Waals surface area contributed by atoms with Gasteiger partial charge in [0, 0.05) is 49.9 Å². The van der Waals surface area contributed by atoms with Crippen LogP contribution >= 0.6 is 23.2 Å². The van der Waals surface area contributed by atoms with Crippen LogP contribution in [0.25, 0.3) is 0 Å². The molecule has 0 aromatic heterocycles. The molecule has 0 bridgehead atoms. The molecule has 30 heavy (non-hydrogen) atoms. The molecule has 1 saturated heterocycles. The summed E-state index contributed by atoms with van der Waals surface area (Å²) in [6.07, 6.45) is 0. The fraction of sp³-hybridized carbons (Fsp3) is 0.350. The molecule has 3 rings (SSSR count). The largest absolute Gasteiger partial charge is 0.492 e.